The molecule has 1 aromatic carbocycles. The predicted molar refractivity (Wildman–Crippen MR) is 131 cm³/mol. The Hall–Kier alpha value is -2.68. The number of likely N-dealkylation sites (N-methyl/N-ethyl adjacent to an activating group) is 1. The van der Waals surface area contributed by atoms with Crippen molar-refractivity contribution < 1.29 is 24.2 Å². The van der Waals surface area contributed by atoms with Gasteiger partial charge in [0, 0.05) is 33.3 Å². The van der Waals surface area contributed by atoms with Gasteiger partial charge < -0.3 is 24.5 Å². The third-order valence-corrected chi connectivity index (χ3v) is 8.16. The predicted octanol–water partition coefficient (Wildman–Crippen LogP) is 2.01. The first-order valence-corrected chi connectivity index (χ1v) is 12.5. The first-order valence-electron chi connectivity index (χ1n) is 12.1. The van der Waals surface area contributed by atoms with Crippen LogP contribution >= 0.6 is 11.6 Å². The molecule has 0 aromatic heterocycles. The summed E-state index contributed by atoms with van der Waals surface area (Å²) < 4.78 is 6.84. The molecule has 186 valence electrons. The van der Waals surface area contributed by atoms with E-state index in [4.69, 9.17) is 16.3 Å². The largest absolute Gasteiger partial charge is 0.396 e. The number of anilines is 1. The third-order valence-electron chi connectivity index (χ3n) is 7.84. The Morgan fingerprint density at radius 3 is 2.51 bits per heavy atom. The lowest BCUT2D eigenvalue weighted by molar-refractivity contribution is -0.149. The molecular weight excluding hydrogens is 470 g/mol. The fraction of sp³-hybridized carbons (Fsp3) is 0.500. The molecule has 5 rings (SSSR count). The molecule has 1 spiro atoms. The minimum Gasteiger partial charge on any atom is -0.396 e. The highest BCUT2D eigenvalue weighted by molar-refractivity contribution is 6.34. The highest BCUT2D eigenvalue weighted by Crippen LogP contribution is 2.58. The zero-order valence-electron chi connectivity index (χ0n) is 19.9. The zero-order valence-corrected chi connectivity index (χ0v) is 20.6. The fourth-order valence-electron chi connectivity index (χ4n) is 6.25. The summed E-state index contributed by atoms with van der Waals surface area (Å²) in [4.78, 5) is 46.6. The number of rotatable bonds is 5. The highest BCUT2D eigenvalue weighted by atomic mass is 35.5. The van der Waals surface area contributed by atoms with Crippen LogP contribution in [0.2, 0.25) is 5.02 Å². The Kier molecular flexibility index (Phi) is 6.02. The number of nitrogens with zero attached hydrogens (tertiary/aromatic N) is 3. The summed E-state index contributed by atoms with van der Waals surface area (Å²) >= 11 is 6.45. The van der Waals surface area contributed by atoms with Crippen LogP contribution < -0.4 is 4.90 Å². The number of fused-ring (bicyclic) bond motifs is 2. The molecule has 9 heteroatoms. The Morgan fingerprint density at radius 1 is 1.06 bits per heavy atom. The van der Waals surface area contributed by atoms with Crippen LogP contribution in [0.5, 0.6) is 0 Å². The molecule has 4 aliphatic rings. The summed E-state index contributed by atoms with van der Waals surface area (Å²) in [6.07, 6.45) is 8.26. The van der Waals surface area contributed by atoms with E-state index < -0.39 is 29.1 Å². The number of benzene rings is 1. The van der Waals surface area contributed by atoms with Gasteiger partial charge in [-0.25, -0.2) is 0 Å². The Morgan fingerprint density at radius 2 is 1.80 bits per heavy atom. The summed E-state index contributed by atoms with van der Waals surface area (Å²) in [6.45, 7) is 2.69. The molecule has 5 atom stereocenters. The minimum absolute atomic E-state index is 0.125. The number of aliphatic hydroxyl groups is 1. The number of ether oxygens (including phenoxy) is 1. The minimum atomic E-state index is -1.31. The van der Waals surface area contributed by atoms with Gasteiger partial charge in [0.2, 0.25) is 11.8 Å². The second-order valence-corrected chi connectivity index (χ2v) is 10.1. The lowest BCUT2D eigenvalue weighted by Crippen LogP contribution is -2.56. The normalized spacial score (nSPS) is 34.1. The van der Waals surface area contributed by atoms with Gasteiger partial charge in [0.1, 0.15) is 11.6 Å². The van der Waals surface area contributed by atoms with Gasteiger partial charge in [-0.2, -0.15) is 0 Å². The molecule has 4 aliphatic heterocycles. The maximum absolute atomic E-state index is 14.2. The van der Waals surface area contributed by atoms with Crippen molar-refractivity contribution in [3.8, 4) is 0 Å². The van der Waals surface area contributed by atoms with Gasteiger partial charge in [0.15, 0.2) is 0 Å². The second-order valence-electron chi connectivity index (χ2n) is 9.65. The quantitative estimate of drug-likeness (QED) is 0.626. The zero-order chi connectivity index (χ0) is 25.0. The van der Waals surface area contributed by atoms with Gasteiger partial charge in [-0.15, -0.1) is 0 Å². The maximum Gasteiger partial charge on any atom is 0.253 e. The first-order chi connectivity index (χ1) is 16.8. The first kappa shape index (κ1) is 24.0. The van der Waals surface area contributed by atoms with Crippen LogP contribution in [0.1, 0.15) is 19.8 Å². The van der Waals surface area contributed by atoms with Crippen molar-refractivity contribution >= 4 is 35.0 Å². The molecule has 35 heavy (non-hydrogen) atoms. The van der Waals surface area contributed by atoms with E-state index in [1.165, 1.54) is 4.90 Å². The molecule has 2 saturated heterocycles. The van der Waals surface area contributed by atoms with Gasteiger partial charge in [0.25, 0.3) is 5.91 Å². The van der Waals surface area contributed by atoms with Crippen LogP contribution in [0.4, 0.5) is 5.69 Å². The molecule has 1 unspecified atom stereocenters. The number of carbonyl (C=O) groups is 3. The van der Waals surface area contributed by atoms with Crippen molar-refractivity contribution in [2.75, 3.05) is 38.2 Å². The molecule has 1 N–H and O–H groups in total. The van der Waals surface area contributed by atoms with Crippen molar-refractivity contribution in [2.45, 2.75) is 37.0 Å². The van der Waals surface area contributed by atoms with Crippen LogP contribution in [0.15, 0.2) is 48.6 Å². The molecule has 3 amide bonds. The number of likely N-dealkylation sites (tertiary alicyclic amines) is 1. The monoisotopic (exact) mass is 499 g/mol. The number of para-hydroxylation sites is 1. The van der Waals surface area contributed by atoms with Crippen molar-refractivity contribution in [3.05, 3.63) is 53.6 Å². The van der Waals surface area contributed by atoms with Gasteiger partial charge in [-0.1, -0.05) is 55.0 Å². The van der Waals surface area contributed by atoms with E-state index in [0.29, 0.717) is 30.1 Å². The topological polar surface area (TPSA) is 90.4 Å². The van der Waals surface area contributed by atoms with Crippen LogP contribution in [0.3, 0.4) is 0 Å². The molecule has 2 fully saturated rings. The fourth-order valence-corrected chi connectivity index (χ4v) is 6.49. The van der Waals surface area contributed by atoms with E-state index in [0.717, 1.165) is 0 Å². The summed E-state index contributed by atoms with van der Waals surface area (Å²) in [5.74, 6) is -2.38. The van der Waals surface area contributed by atoms with Crippen LogP contribution in [-0.2, 0) is 19.1 Å². The summed E-state index contributed by atoms with van der Waals surface area (Å²) in [7, 11) is 1.72. The van der Waals surface area contributed by atoms with E-state index >= 15 is 0 Å². The molecule has 4 heterocycles. The van der Waals surface area contributed by atoms with E-state index in [1.807, 2.05) is 31.2 Å². The summed E-state index contributed by atoms with van der Waals surface area (Å²) in [6, 6.07) is 6.10. The van der Waals surface area contributed by atoms with Crippen molar-refractivity contribution in [1.82, 2.24) is 9.80 Å². The number of halogens is 1. The summed E-state index contributed by atoms with van der Waals surface area (Å²) in [5, 5.41) is 9.94. The van der Waals surface area contributed by atoms with Gasteiger partial charge >= 0.3 is 0 Å². The number of aliphatic hydroxyl groups excluding tert-OH is 1. The molecule has 0 bridgehead atoms. The molecule has 1 aromatic rings. The molecule has 0 aliphatic carbocycles. The molecule has 8 nitrogen and oxygen atoms in total. The standard InChI is InChI=1S/C26H30ClN3O5/c1-3-25-11-6-13-28(2)22(32)19(25)20-23(33)30(15-8-16-31)21-24(34)29(14-7-12-26(20,21)35-25)18-10-5-4-9-17(18)27/h4-7,9-12,19-21,31H,3,8,13-16H2,1-2H3/t19-,20+,21?,25+,26+/m1/s1. The van der Waals surface area contributed by atoms with Crippen LogP contribution in [0, 0.1) is 11.8 Å². The number of carbonyl (C=O) groups excluding carboxylic acids is 3. The van der Waals surface area contributed by atoms with Gasteiger partial charge in [-0.3, -0.25) is 14.4 Å². The van der Waals surface area contributed by atoms with Gasteiger partial charge in [0.05, 0.1) is 28.1 Å². The molecular formula is C26H30ClN3O5. The highest BCUT2D eigenvalue weighted by Gasteiger charge is 2.75. The van der Waals surface area contributed by atoms with Crippen molar-refractivity contribution in [2.24, 2.45) is 11.8 Å². The number of hydrogen-bond donors (Lipinski definition) is 1. The van der Waals surface area contributed by atoms with E-state index in [9.17, 15) is 19.5 Å². The SMILES string of the molecule is CC[C@]12C=CCN(C)C(=O)[C@H]1[C@H]1C(=O)N(CCCO)C3C(=O)N(c4ccccc4Cl)CC=C[C@@]31O2. The molecule has 0 radical (unpaired) electrons. The number of hydrogen-bond acceptors (Lipinski definition) is 5. The van der Waals surface area contributed by atoms with E-state index in [1.54, 1.807) is 41.1 Å². The maximum atomic E-state index is 14.2. The smallest absolute Gasteiger partial charge is 0.253 e. The van der Waals surface area contributed by atoms with Crippen molar-refractivity contribution in [1.29, 1.82) is 0 Å². The van der Waals surface area contributed by atoms with Crippen LogP contribution in [-0.4, -0.2) is 83.2 Å². The lowest BCUT2D eigenvalue weighted by Gasteiger charge is -2.38. The average molecular weight is 500 g/mol. The van der Waals surface area contributed by atoms with Crippen molar-refractivity contribution in [3.63, 3.8) is 0 Å². The van der Waals surface area contributed by atoms with Crippen LogP contribution in [0.25, 0.3) is 0 Å². The Bertz CT molecular complexity index is 1120. The Balaban J connectivity index is 1.67. The van der Waals surface area contributed by atoms with Gasteiger partial charge in [-0.05, 0) is 25.0 Å². The molecule has 0 saturated carbocycles. The lowest BCUT2D eigenvalue weighted by atomic mass is 9.73. The number of amides is 3. The third kappa shape index (κ3) is 3.37. The second kappa shape index (κ2) is 8.76. The Labute approximate surface area is 209 Å². The van der Waals surface area contributed by atoms with E-state index in [2.05, 4.69) is 0 Å². The summed E-state index contributed by atoms with van der Waals surface area (Å²) in [5.41, 5.74) is -1.75. The van der Waals surface area contributed by atoms with E-state index in [-0.39, 0.29) is 37.4 Å². The average Bonchev–Trinajstić information content (AvgIpc) is 3.14.